The van der Waals surface area contributed by atoms with E-state index in [9.17, 15) is 10.0 Å². The Kier molecular flexibility index (Phi) is 4.69. The third-order valence-electron chi connectivity index (χ3n) is 6.12. The second-order valence-electron chi connectivity index (χ2n) is 8.23. The molecule has 1 fully saturated rings. The Balaban J connectivity index is 1.49. The zero-order valence-corrected chi connectivity index (χ0v) is 17.3. The number of benzene rings is 1. The topological polar surface area (TPSA) is 106 Å². The van der Waals surface area contributed by atoms with E-state index in [1.807, 2.05) is 37.3 Å². The number of aryl methyl sites for hydroxylation is 1. The Hall–Kier alpha value is -3.68. The third kappa shape index (κ3) is 3.43. The largest absolute Gasteiger partial charge is 0.710 e. The summed E-state index contributed by atoms with van der Waals surface area (Å²) in [6.07, 6.45) is 6.14. The highest BCUT2D eigenvalue weighted by Crippen LogP contribution is 2.42. The third-order valence-corrected chi connectivity index (χ3v) is 6.12. The number of anilines is 4. The second-order valence-corrected chi connectivity index (χ2v) is 8.23. The van der Waals surface area contributed by atoms with Crippen LogP contribution in [0.15, 0.2) is 48.8 Å². The van der Waals surface area contributed by atoms with Crippen LogP contribution in [0.4, 0.5) is 23.1 Å². The van der Waals surface area contributed by atoms with Crippen LogP contribution < -0.4 is 20.7 Å². The number of amides is 1. The minimum atomic E-state index is -0.569. The Morgan fingerprint density at radius 1 is 1.03 bits per heavy atom. The summed E-state index contributed by atoms with van der Waals surface area (Å²) in [6, 6.07) is 13.2. The summed E-state index contributed by atoms with van der Waals surface area (Å²) in [5, 5.41) is 22.9. The smallest absolute Gasteiger partial charge is 0.284 e. The molecule has 3 heterocycles. The van der Waals surface area contributed by atoms with Gasteiger partial charge in [-0.15, -0.1) is 0 Å². The molecule has 0 bridgehead atoms. The van der Waals surface area contributed by atoms with E-state index in [0.29, 0.717) is 28.7 Å². The first-order valence-corrected chi connectivity index (χ1v) is 10.6. The van der Waals surface area contributed by atoms with Gasteiger partial charge in [-0.05, 0) is 37.5 Å². The SMILES string of the molecule is Cc1cc(Nc2cc(Nc3ccccc3)ncn2)[n+]([O-])c2c1C(=O)NC21CCCCC1. The molecule has 1 spiro atoms. The van der Waals surface area contributed by atoms with E-state index >= 15 is 0 Å². The van der Waals surface area contributed by atoms with Crippen LogP contribution in [-0.4, -0.2) is 15.9 Å². The molecule has 0 atom stereocenters. The van der Waals surface area contributed by atoms with Crippen LogP contribution in [0.5, 0.6) is 0 Å². The maximum atomic E-state index is 13.4. The highest BCUT2D eigenvalue weighted by atomic mass is 16.5. The molecule has 1 saturated carbocycles. The van der Waals surface area contributed by atoms with Gasteiger partial charge in [-0.3, -0.25) is 4.79 Å². The van der Waals surface area contributed by atoms with E-state index in [1.165, 1.54) is 6.33 Å². The van der Waals surface area contributed by atoms with Crippen LogP contribution in [0.2, 0.25) is 0 Å². The standard InChI is InChI=1S/C23H24N6O2/c1-15-12-19(27-18-13-17(24-14-25-18)26-16-8-4-2-5-9-16)29(31)21-20(15)22(30)28-23(21)10-6-3-7-11-23/h2,4-5,8-9,12-14H,3,6-7,10-11H2,1H3,(H,28,30)(H2,24,25,26,27). The number of nitrogens with zero attached hydrogens (tertiary/aromatic N) is 3. The molecular formula is C23H24N6O2. The monoisotopic (exact) mass is 416 g/mol. The number of aromatic nitrogens is 3. The molecule has 3 aromatic rings. The quantitative estimate of drug-likeness (QED) is 0.441. The maximum absolute atomic E-state index is 13.4. The van der Waals surface area contributed by atoms with Gasteiger partial charge in [-0.25, -0.2) is 15.0 Å². The molecular weight excluding hydrogens is 392 g/mol. The van der Waals surface area contributed by atoms with Gasteiger partial charge < -0.3 is 15.8 Å². The fourth-order valence-electron chi connectivity index (χ4n) is 4.70. The van der Waals surface area contributed by atoms with Crippen molar-refractivity contribution < 1.29 is 9.52 Å². The van der Waals surface area contributed by atoms with Crippen molar-refractivity contribution in [2.75, 3.05) is 10.6 Å². The lowest BCUT2D eigenvalue weighted by atomic mass is 9.79. The van der Waals surface area contributed by atoms with Crippen LogP contribution in [0.25, 0.3) is 0 Å². The van der Waals surface area contributed by atoms with Crippen LogP contribution in [0.1, 0.15) is 53.7 Å². The molecule has 0 unspecified atom stereocenters. The van der Waals surface area contributed by atoms with Crippen molar-refractivity contribution in [3.8, 4) is 0 Å². The lowest BCUT2D eigenvalue weighted by Gasteiger charge is -2.34. The Morgan fingerprint density at radius 2 is 1.74 bits per heavy atom. The number of carbonyl (C=O) groups excluding carboxylic acids is 1. The molecule has 1 amide bonds. The van der Waals surface area contributed by atoms with Gasteiger partial charge in [0.2, 0.25) is 5.82 Å². The van der Waals surface area contributed by atoms with Crippen LogP contribution >= 0.6 is 0 Å². The zero-order chi connectivity index (χ0) is 21.4. The number of nitrogens with one attached hydrogen (secondary N) is 3. The first-order valence-electron chi connectivity index (χ1n) is 10.6. The lowest BCUT2D eigenvalue weighted by molar-refractivity contribution is -0.603. The molecule has 3 N–H and O–H groups in total. The van der Waals surface area contributed by atoms with Crippen molar-refractivity contribution >= 4 is 29.0 Å². The highest BCUT2D eigenvalue weighted by Gasteiger charge is 2.48. The molecule has 1 aliphatic carbocycles. The number of hydrogen-bond donors (Lipinski definition) is 3. The Labute approximate surface area is 180 Å². The Bertz CT molecular complexity index is 1140. The first-order chi connectivity index (χ1) is 15.1. The fourth-order valence-corrected chi connectivity index (χ4v) is 4.70. The summed E-state index contributed by atoms with van der Waals surface area (Å²) in [5.74, 6) is 1.30. The summed E-state index contributed by atoms with van der Waals surface area (Å²) in [7, 11) is 0. The van der Waals surface area contributed by atoms with Crippen molar-refractivity contribution in [3.63, 3.8) is 0 Å². The van der Waals surface area contributed by atoms with Gasteiger partial charge in [-0.1, -0.05) is 37.5 Å². The van der Waals surface area contributed by atoms with Gasteiger partial charge in [0.1, 0.15) is 23.4 Å². The van der Waals surface area contributed by atoms with E-state index in [0.717, 1.165) is 48.1 Å². The van der Waals surface area contributed by atoms with Crippen molar-refractivity contribution in [2.24, 2.45) is 0 Å². The van der Waals surface area contributed by atoms with Gasteiger partial charge in [0.05, 0.1) is 5.56 Å². The molecule has 5 rings (SSSR count). The van der Waals surface area contributed by atoms with E-state index in [4.69, 9.17) is 0 Å². The molecule has 1 aliphatic heterocycles. The summed E-state index contributed by atoms with van der Waals surface area (Å²) in [5.41, 5.74) is 2.16. The van der Waals surface area contributed by atoms with Gasteiger partial charge >= 0.3 is 0 Å². The predicted octanol–water partition coefficient (Wildman–Crippen LogP) is 3.81. The second kappa shape index (κ2) is 7.54. The number of rotatable bonds is 4. The minimum absolute atomic E-state index is 0.151. The van der Waals surface area contributed by atoms with Gasteiger partial charge in [0, 0.05) is 17.8 Å². The van der Waals surface area contributed by atoms with E-state index < -0.39 is 5.54 Å². The average molecular weight is 416 g/mol. The molecule has 0 radical (unpaired) electrons. The molecule has 2 aliphatic rings. The minimum Gasteiger partial charge on any atom is -0.710 e. The molecule has 1 aromatic carbocycles. The first kappa shape index (κ1) is 19.3. The lowest BCUT2D eigenvalue weighted by Crippen LogP contribution is -2.49. The molecule has 2 aromatic heterocycles. The summed E-state index contributed by atoms with van der Waals surface area (Å²) >= 11 is 0. The van der Waals surface area contributed by atoms with E-state index in [-0.39, 0.29) is 5.91 Å². The number of para-hydroxylation sites is 1. The van der Waals surface area contributed by atoms with Gasteiger partial charge in [0.15, 0.2) is 0 Å². The van der Waals surface area contributed by atoms with Crippen molar-refractivity contribution in [3.05, 3.63) is 70.8 Å². The zero-order valence-electron chi connectivity index (χ0n) is 17.3. The maximum Gasteiger partial charge on any atom is 0.284 e. The molecule has 8 heteroatoms. The number of carbonyl (C=O) groups is 1. The summed E-state index contributed by atoms with van der Waals surface area (Å²) in [6.45, 7) is 1.87. The number of fused-ring (bicyclic) bond motifs is 2. The summed E-state index contributed by atoms with van der Waals surface area (Å²) in [4.78, 5) is 21.2. The number of pyridine rings is 1. The van der Waals surface area contributed by atoms with Gasteiger partial charge in [-0.2, -0.15) is 4.98 Å². The average Bonchev–Trinajstić information content (AvgIpc) is 3.05. The van der Waals surface area contributed by atoms with Crippen LogP contribution in [-0.2, 0) is 5.54 Å². The Morgan fingerprint density at radius 3 is 2.48 bits per heavy atom. The normalized spacial score (nSPS) is 16.6. The van der Waals surface area contributed by atoms with Crippen LogP contribution in [0, 0.1) is 12.1 Å². The van der Waals surface area contributed by atoms with E-state index in [2.05, 4.69) is 25.9 Å². The molecule has 31 heavy (non-hydrogen) atoms. The van der Waals surface area contributed by atoms with Crippen LogP contribution in [0.3, 0.4) is 0 Å². The fraction of sp³-hybridized carbons (Fsp3) is 0.304. The van der Waals surface area contributed by atoms with Crippen molar-refractivity contribution in [1.29, 1.82) is 0 Å². The van der Waals surface area contributed by atoms with Crippen molar-refractivity contribution in [1.82, 2.24) is 15.3 Å². The predicted molar refractivity (Wildman–Crippen MR) is 117 cm³/mol. The molecule has 0 saturated heterocycles. The summed E-state index contributed by atoms with van der Waals surface area (Å²) < 4.78 is 0.873. The molecule has 8 nitrogen and oxygen atoms in total. The van der Waals surface area contributed by atoms with Gasteiger partial charge in [0.25, 0.3) is 11.7 Å². The van der Waals surface area contributed by atoms with Crippen molar-refractivity contribution in [2.45, 2.75) is 44.6 Å². The highest BCUT2D eigenvalue weighted by molar-refractivity contribution is 6.00. The van der Waals surface area contributed by atoms with E-state index in [1.54, 1.807) is 12.1 Å². The molecule has 158 valence electrons. The number of hydrogen-bond acceptors (Lipinski definition) is 6.